The van der Waals surface area contributed by atoms with Crippen LogP contribution in [-0.2, 0) is 11.8 Å². The molecule has 2 atom stereocenters. The Hall–Kier alpha value is -4.35. The van der Waals surface area contributed by atoms with Crippen LogP contribution in [0.1, 0.15) is 35.6 Å². The second kappa shape index (κ2) is 10.7. The predicted octanol–water partition coefficient (Wildman–Crippen LogP) is 4.57. The molecule has 0 aliphatic heterocycles. The maximum absolute atomic E-state index is 14.1. The van der Waals surface area contributed by atoms with Gasteiger partial charge in [-0.3, -0.25) is 9.48 Å². The number of rotatable bonds is 8. The van der Waals surface area contributed by atoms with E-state index in [0.717, 1.165) is 22.3 Å². The van der Waals surface area contributed by atoms with E-state index in [1.807, 2.05) is 62.6 Å². The Balaban J connectivity index is 1.47. The second-order valence-corrected chi connectivity index (χ2v) is 8.33. The van der Waals surface area contributed by atoms with Crippen molar-refractivity contribution in [1.29, 1.82) is 5.26 Å². The first-order chi connectivity index (χ1) is 16.9. The summed E-state index contributed by atoms with van der Waals surface area (Å²) in [7, 11) is 1.85. The lowest BCUT2D eigenvalue weighted by Crippen LogP contribution is -2.35. The van der Waals surface area contributed by atoms with Gasteiger partial charge in [-0.2, -0.15) is 10.4 Å². The average molecular weight is 469 g/mol. The number of nitrogens with one attached hydrogen (secondary N) is 2. The van der Waals surface area contributed by atoms with Gasteiger partial charge in [0.05, 0.1) is 11.8 Å². The minimum atomic E-state index is -0.637. The van der Waals surface area contributed by atoms with E-state index < -0.39 is 11.9 Å². The van der Waals surface area contributed by atoms with E-state index in [0.29, 0.717) is 12.4 Å². The number of benzene rings is 2. The molecule has 0 saturated heterocycles. The Morgan fingerprint density at radius 2 is 1.89 bits per heavy atom. The molecule has 4 aromatic rings. The SMILES string of the molecule is C[C@@H](CN[C@@H](C(=O)Nc1ccc(-c2cnn(C)c2)cn1)c1ccccc1)c1ccc(C#N)c(F)c1. The molecule has 176 valence electrons. The number of carbonyl (C=O) groups excluding carboxylic acids is 1. The molecule has 0 saturated carbocycles. The highest BCUT2D eigenvalue weighted by Crippen LogP contribution is 2.22. The standard InChI is InChI=1S/C27H25FN6O/c1-18(20-8-9-21(13-29)24(28)12-20)14-31-26(19-6-4-3-5-7-19)27(35)33-25-11-10-22(15-30-25)23-16-32-34(2)17-23/h3-12,15-18,26,31H,14H2,1-2H3,(H,30,33,35)/t18-,26+/m0/s1. The lowest BCUT2D eigenvalue weighted by atomic mass is 9.98. The van der Waals surface area contributed by atoms with Crippen LogP contribution in [-0.4, -0.2) is 27.2 Å². The van der Waals surface area contributed by atoms with E-state index in [4.69, 9.17) is 5.26 Å². The van der Waals surface area contributed by atoms with Crippen molar-refractivity contribution in [2.45, 2.75) is 18.9 Å². The average Bonchev–Trinajstić information content (AvgIpc) is 3.31. The third-order valence-electron chi connectivity index (χ3n) is 5.76. The molecular weight excluding hydrogens is 443 g/mol. The summed E-state index contributed by atoms with van der Waals surface area (Å²) in [5.74, 6) is -0.452. The highest BCUT2D eigenvalue weighted by Gasteiger charge is 2.22. The van der Waals surface area contributed by atoms with E-state index >= 15 is 0 Å². The maximum atomic E-state index is 14.1. The fraction of sp³-hybridized carbons (Fsp3) is 0.185. The van der Waals surface area contributed by atoms with Crippen molar-refractivity contribution in [3.63, 3.8) is 0 Å². The molecule has 7 nitrogen and oxygen atoms in total. The molecule has 4 rings (SSSR count). The van der Waals surface area contributed by atoms with E-state index in [9.17, 15) is 9.18 Å². The highest BCUT2D eigenvalue weighted by molar-refractivity contribution is 5.95. The van der Waals surface area contributed by atoms with Crippen LogP contribution >= 0.6 is 0 Å². The first-order valence-corrected chi connectivity index (χ1v) is 11.2. The van der Waals surface area contributed by atoms with E-state index in [2.05, 4.69) is 20.7 Å². The lowest BCUT2D eigenvalue weighted by Gasteiger charge is -2.21. The molecule has 0 spiro atoms. The molecular formula is C27H25FN6O. The number of amides is 1. The van der Waals surface area contributed by atoms with Crippen LogP contribution in [0.5, 0.6) is 0 Å². The number of pyridine rings is 1. The van der Waals surface area contributed by atoms with Gasteiger partial charge in [-0.15, -0.1) is 0 Å². The molecule has 0 aliphatic carbocycles. The van der Waals surface area contributed by atoms with Crippen LogP contribution < -0.4 is 10.6 Å². The van der Waals surface area contributed by atoms with E-state index in [1.165, 1.54) is 12.1 Å². The summed E-state index contributed by atoms with van der Waals surface area (Å²) in [6.07, 6.45) is 5.34. The quantitative estimate of drug-likeness (QED) is 0.395. The van der Waals surface area contributed by atoms with Crippen molar-refractivity contribution in [2.24, 2.45) is 7.05 Å². The van der Waals surface area contributed by atoms with Crippen LogP contribution in [0.15, 0.2) is 79.3 Å². The normalized spacial score (nSPS) is 12.5. The number of anilines is 1. The van der Waals surface area contributed by atoms with E-state index in [1.54, 1.807) is 29.2 Å². The largest absolute Gasteiger partial charge is 0.309 e. The summed E-state index contributed by atoms with van der Waals surface area (Å²) in [4.78, 5) is 17.6. The number of carbonyl (C=O) groups is 1. The van der Waals surface area contributed by atoms with Crippen molar-refractivity contribution in [3.8, 4) is 17.2 Å². The summed E-state index contributed by atoms with van der Waals surface area (Å²) in [5, 5.41) is 19.3. The second-order valence-electron chi connectivity index (χ2n) is 8.33. The Morgan fingerprint density at radius 1 is 1.09 bits per heavy atom. The van der Waals surface area contributed by atoms with Gasteiger partial charge in [-0.25, -0.2) is 9.37 Å². The zero-order valence-electron chi connectivity index (χ0n) is 19.4. The molecule has 0 radical (unpaired) electrons. The van der Waals surface area contributed by atoms with Gasteiger partial charge in [0, 0.05) is 37.1 Å². The monoisotopic (exact) mass is 468 g/mol. The summed E-state index contributed by atoms with van der Waals surface area (Å²) in [6.45, 7) is 2.36. The first-order valence-electron chi connectivity index (χ1n) is 11.2. The third kappa shape index (κ3) is 5.78. The number of aryl methyl sites for hydroxylation is 1. The van der Waals surface area contributed by atoms with Crippen molar-refractivity contribution < 1.29 is 9.18 Å². The topological polar surface area (TPSA) is 95.6 Å². The van der Waals surface area contributed by atoms with Gasteiger partial charge in [0.15, 0.2) is 0 Å². The van der Waals surface area contributed by atoms with Crippen LogP contribution in [0.3, 0.4) is 0 Å². The molecule has 0 unspecified atom stereocenters. The summed E-state index contributed by atoms with van der Waals surface area (Å²) < 4.78 is 15.8. The van der Waals surface area contributed by atoms with Gasteiger partial charge < -0.3 is 10.6 Å². The Labute approximate surface area is 203 Å². The zero-order valence-corrected chi connectivity index (χ0v) is 19.4. The minimum absolute atomic E-state index is 0.0116. The van der Waals surface area contributed by atoms with Crippen molar-refractivity contribution in [3.05, 3.63) is 102 Å². The first kappa shape index (κ1) is 23.8. The van der Waals surface area contributed by atoms with Gasteiger partial charge in [-0.1, -0.05) is 43.3 Å². The Kier molecular flexibility index (Phi) is 7.29. The number of nitriles is 1. The number of hydrogen-bond acceptors (Lipinski definition) is 5. The molecule has 2 heterocycles. The predicted molar refractivity (Wildman–Crippen MR) is 132 cm³/mol. The van der Waals surface area contributed by atoms with Gasteiger partial charge in [-0.05, 0) is 41.3 Å². The van der Waals surface area contributed by atoms with Crippen molar-refractivity contribution in [2.75, 3.05) is 11.9 Å². The van der Waals surface area contributed by atoms with Gasteiger partial charge in [0.1, 0.15) is 23.7 Å². The number of hydrogen-bond donors (Lipinski definition) is 2. The van der Waals surface area contributed by atoms with Crippen LogP contribution in [0, 0.1) is 17.1 Å². The zero-order chi connectivity index (χ0) is 24.8. The smallest absolute Gasteiger partial charge is 0.247 e. The molecule has 8 heteroatoms. The molecule has 0 aliphatic rings. The molecule has 2 N–H and O–H groups in total. The van der Waals surface area contributed by atoms with E-state index in [-0.39, 0.29) is 17.4 Å². The summed E-state index contributed by atoms with van der Waals surface area (Å²) >= 11 is 0. The maximum Gasteiger partial charge on any atom is 0.247 e. The van der Waals surface area contributed by atoms with Gasteiger partial charge >= 0.3 is 0 Å². The number of aromatic nitrogens is 3. The summed E-state index contributed by atoms with van der Waals surface area (Å²) in [6, 6.07) is 18.8. The fourth-order valence-corrected chi connectivity index (χ4v) is 3.76. The Morgan fingerprint density at radius 3 is 2.51 bits per heavy atom. The highest BCUT2D eigenvalue weighted by atomic mass is 19.1. The fourth-order valence-electron chi connectivity index (χ4n) is 3.76. The van der Waals surface area contributed by atoms with Crippen LogP contribution in [0.2, 0.25) is 0 Å². The van der Waals surface area contributed by atoms with Crippen molar-refractivity contribution in [1.82, 2.24) is 20.1 Å². The van der Waals surface area contributed by atoms with Crippen LogP contribution in [0.4, 0.5) is 10.2 Å². The van der Waals surface area contributed by atoms with Crippen LogP contribution in [0.25, 0.3) is 11.1 Å². The molecule has 0 fully saturated rings. The third-order valence-corrected chi connectivity index (χ3v) is 5.76. The van der Waals surface area contributed by atoms with Gasteiger partial charge in [0.25, 0.3) is 0 Å². The molecule has 2 aromatic heterocycles. The molecule has 0 bridgehead atoms. The van der Waals surface area contributed by atoms with Gasteiger partial charge in [0.2, 0.25) is 5.91 Å². The lowest BCUT2D eigenvalue weighted by molar-refractivity contribution is -0.118. The molecule has 35 heavy (non-hydrogen) atoms. The molecule has 2 aromatic carbocycles. The number of nitrogens with zero attached hydrogens (tertiary/aromatic N) is 4. The molecule has 1 amide bonds. The van der Waals surface area contributed by atoms with Crippen molar-refractivity contribution >= 4 is 11.7 Å². The minimum Gasteiger partial charge on any atom is -0.309 e. The number of halogens is 1. The Bertz CT molecular complexity index is 1340. The summed E-state index contributed by atoms with van der Waals surface area (Å²) in [5.41, 5.74) is 3.40.